The van der Waals surface area contributed by atoms with Crippen LogP contribution in [0, 0.1) is 0 Å². The zero-order valence-electron chi connectivity index (χ0n) is 17.2. The van der Waals surface area contributed by atoms with E-state index in [0.717, 1.165) is 30.7 Å². The maximum absolute atomic E-state index is 12.2. The lowest BCUT2D eigenvalue weighted by Gasteiger charge is -2.11. The van der Waals surface area contributed by atoms with Gasteiger partial charge in [0, 0.05) is 6.42 Å². The van der Waals surface area contributed by atoms with E-state index in [-0.39, 0.29) is 5.91 Å². The minimum absolute atomic E-state index is 0.0903. The Bertz CT molecular complexity index is 499. The quantitative estimate of drug-likeness (QED) is 0.345. The topological polar surface area (TPSA) is 38.3 Å². The number of amides is 1. The third kappa shape index (κ3) is 9.84. The van der Waals surface area contributed by atoms with Gasteiger partial charge >= 0.3 is 0 Å². The van der Waals surface area contributed by atoms with Crippen molar-refractivity contribution in [3.8, 4) is 5.75 Å². The lowest BCUT2D eigenvalue weighted by Crippen LogP contribution is -2.12. The molecule has 0 aliphatic carbocycles. The van der Waals surface area contributed by atoms with E-state index in [1.165, 1.54) is 63.4 Å². The van der Waals surface area contributed by atoms with Crippen LogP contribution in [0.1, 0.15) is 96.5 Å². The van der Waals surface area contributed by atoms with E-state index in [1.54, 1.807) is 7.11 Å². The highest BCUT2D eigenvalue weighted by molar-refractivity contribution is 5.92. The third-order valence-corrected chi connectivity index (χ3v) is 4.95. The Kier molecular flexibility index (Phi) is 12.7. The van der Waals surface area contributed by atoms with E-state index in [9.17, 15) is 4.79 Å². The Balaban J connectivity index is 2.10. The maximum atomic E-state index is 12.2. The van der Waals surface area contributed by atoms with E-state index in [4.69, 9.17) is 4.74 Å². The molecule has 0 saturated heterocycles. The van der Waals surface area contributed by atoms with Gasteiger partial charge in [-0.25, -0.2) is 0 Å². The summed E-state index contributed by atoms with van der Waals surface area (Å²) < 4.78 is 5.34. The number of nitrogens with one attached hydrogen (secondary N) is 1. The molecule has 1 rings (SSSR count). The largest absolute Gasteiger partial charge is 0.495 e. The predicted molar refractivity (Wildman–Crippen MR) is 112 cm³/mol. The van der Waals surface area contributed by atoms with Gasteiger partial charge in [-0.1, -0.05) is 84.1 Å². The number of hydrogen-bond donors (Lipinski definition) is 1. The number of carbonyl (C=O) groups excluding carboxylic acids is 1. The molecule has 1 amide bonds. The Morgan fingerprint density at radius 3 is 2.00 bits per heavy atom. The zero-order valence-corrected chi connectivity index (χ0v) is 17.2. The van der Waals surface area contributed by atoms with Crippen LogP contribution in [0.15, 0.2) is 18.2 Å². The van der Waals surface area contributed by atoms with Gasteiger partial charge in [0.1, 0.15) is 5.75 Å². The molecule has 3 heteroatoms. The molecule has 0 fully saturated rings. The molecule has 1 N–H and O–H groups in total. The Morgan fingerprint density at radius 2 is 1.46 bits per heavy atom. The fourth-order valence-corrected chi connectivity index (χ4v) is 3.24. The van der Waals surface area contributed by atoms with Crippen molar-refractivity contribution in [1.29, 1.82) is 0 Å². The first-order valence-corrected chi connectivity index (χ1v) is 10.7. The lowest BCUT2D eigenvalue weighted by atomic mass is 10.1. The summed E-state index contributed by atoms with van der Waals surface area (Å²) in [7, 11) is 1.64. The first kappa shape index (κ1) is 22.5. The smallest absolute Gasteiger partial charge is 0.224 e. The van der Waals surface area contributed by atoms with Crippen molar-refractivity contribution < 1.29 is 9.53 Å². The molecule has 148 valence electrons. The number of anilines is 1. The lowest BCUT2D eigenvalue weighted by molar-refractivity contribution is -0.116. The summed E-state index contributed by atoms with van der Waals surface area (Å²) in [5, 5.41) is 3.01. The van der Waals surface area contributed by atoms with Gasteiger partial charge in [0.25, 0.3) is 0 Å². The molecule has 26 heavy (non-hydrogen) atoms. The van der Waals surface area contributed by atoms with E-state index >= 15 is 0 Å². The van der Waals surface area contributed by atoms with Crippen LogP contribution >= 0.6 is 0 Å². The summed E-state index contributed by atoms with van der Waals surface area (Å²) in [6.45, 7) is 4.37. The summed E-state index contributed by atoms with van der Waals surface area (Å²) in [5.41, 5.74) is 2.00. The van der Waals surface area contributed by atoms with Crippen LogP contribution in [0.3, 0.4) is 0 Å². The highest BCUT2D eigenvalue weighted by Crippen LogP contribution is 2.26. The van der Waals surface area contributed by atoms with Gasteiger partial charge in [-0.2, -0.15) is 0 Å². The minimum Gasteiger partial charge on any atom is -0.495 e. The normalized spacial score (nSPS) is 10.7. The van der Waals surface area contributed by atoms with Crippen LogP contribution in [0.4, 0.5) is 5.69 Å². The second kappa shape index (κ2) is 14.6. The first-order valence-electron chi connectivity index (χ1n) is 10.7. The van der Waals surface area contributed by atoms with Gasteiger partial charge in [0.2, 0.25) is 5.91 Å². The monoisotopic (exact) mass is 361 g/mol. The summed E-state index contributed by atoms with van der Waals surface area (Å²) >= 11 is 0. The van der Waals surface area contributed by atoms with Crippen LogP contribution in [0.5, 0.6) is 5.75 Å². The van der Waals surface area contributed by atoms with Gasteiger partial charge in [-0.3, -0.25) is 4.79 Å². The van der Waals surface area contributed by atoms with Crippen LogP contribution in [-0.2, 0) is 11.2 Å². The zero-order chi connectivity index (χ0) is 19.0. The molecule has 0 bridgehead atoms. The minimum atomic E-state index is 0.0903. The average molecular weight is 362 g/mol. The van der Waals surface area contributed by atoms with Gasteiger partial charge in [0.05, 0.1) is 12.8 Å². The second-order valence-corrected chi connectivity index (χ2v) is 7.22. The second-order valence-electron chi connectivity index (χ2n) is 7.22. The van der Waals surface area contributed by atoms with Crippen LogP contribution in [-0.4, -0.2) is 13.0 Å². The molecular weight excluding hydrogens is 322 g/mol. The van der Waals surface area contributed by atoms with Crippen molar-refractivity contribution >= 4 is 11.6 Å². The number of ether oxygens (including phenoxy) is 1. The molecule has 0 aliphatic heterocycles. The molecule has 1 aromatic carbocycles. The van der Waals surface area contributed by atoms with Crippen molar-refractivity contribution in [3.63, 3.8) is 0 Å². The predicted octanol–water partition coefficient (Wildman–Crippen LogP) is 6.90. The first-order chi connectivity index (χ1) is 12.7. The molecule has 0 aromatic heterocycles. The van der Waals surface area contributed by atoms with Crippen LogP contribution < -0.4 is 10.1 Å². The molecule has 0 unspecified atom stereocenters. The molecule has 0 atom stereocenters. The van der Waals surface area contributed by atoms with E-state index in [1.807, 2.05) is 18.2 Å². The van der Waals surface area contributed by atoms with Gasteiger partial charge in [0.15, 0.2) is 0 Å². The highest BCUT2D eigenvalue weighted by atomic mass is 16.5. The SMILES string of the molecule is CCCCCCCCCCCCCC(=O)Nc1cc(CC)ccc1OC. The summed E-state index contributed by atoms with van der Waals surface area (Å²) in [4.78, 5) is 12.2. The number of unbranched alkanes of at least 4 members (excludes halogenated alkanes) is 10. The summed E-state index contributed by atoms with van der Waals surface area (Å²) in [6, 6.07) is 5.98. The standard InChI is InChI=1S/C23H39NO2/c1-4-6-7-8-9-10-11-12-13-14-15-16-23(25)24-21-19-20(5-2)17-18-22(21)26-3/h17-19H,4-16H2,1-3H3,(H,24,25). The fraction of sp³-hybridized carbons (Fsp3) is 0.696. The molecule has 0 aliphatic rings. The summed E-state index contributed by atoms with van der Waals surface area (Å²) in [5.74, 6) is 0.821. The van der Waals surface area contributed by atoms with Crippen LogP contribution in [0.25, 0.3) is 0 Å². The van der Waals surface area contributed by atoms with Gasteiger partial charge in [-0.05, 0) is 30.5 Å². The maximum Gasteiger partial charge on any atom is 0.224 e. The summed E-state index contributed by atoms with van der Waals surface area (Å²) in [6.07, 6.45) is 15.8. The molecule has 0 radical (unpaired) electrons. The van der Waals surface area contributed by atoms with Crippen molar-refractivity contribution in [2.75, 3.05) is 12.4 Å². The number of carbonyl (C=O) groups is 1. The Labute approximate surface area is 160 Å². The van der Waals surface area contributed by atoms with E-state index < -0.39 is 0 Å². The van der Waals surface area contributed by atoms with E-state index in [0.29, 0.717) is 6.42 Å². The van der Waals surface area contributed by atoms with Crippen molar-refractivity contribution in [2.24, 2.45) is 0 Å². The number of rotatable bonds is 15. The Hall–Kier alpha value is -1.51. The number of aryl methyl sites for hydroxylation is 1. The van der Waals surface area contributed by atoms with Gasteiger partial charge in [-0.15, -0.1) is 0 Å². The van der Waals surface area contributed by atoms with Crippen molar-refractivity contribution in [3.05, 3.63) is 23.8 Å². The van der Waals surface area contributed by atoms with E-state index in [2.05, 4.69) is 19.2 Å². The number of methoxy groups -OCH3 is 1. The fourth-order valence-electron chi connectivity index (χ4n) is 3.24. The molecule has 0 spiro atoms. The van der Waals surface area contributed by atoms with Crippen molar-refractivity contribution in [1.82, 2.24) is 0 Å². The molecule has 3 nitrogen and oxygen atoms in total. The van der Waals surface area contributed by atoms with Gasteiger partial charge < -0.3 is 10.1 Å². The number of benzene rings is 1. The number of hydrogen-bond acceptors (Lipinski definition) is 2. The van der Waals surface area contributed by atoms with Crippen LogP contribution in [0.2, 0.25) is 0 Å². The highest BCUT2D eigenvalue weighted by Gasteiger charge is 2.08. The Morgan fingerprint density at radius 1 is 0.885 bits per heavy atom. The molecular formula is C23H39NO2. The average Bonchev–Trinajstić information content (AvgIpc) is 2.66. The molecule has 1 aromatic rings. The van der Waals surface area contributed by atoms with Crippen molar-refractivity contribution in [2.45, 2.75) is 97.3 Å². The molecule has 0 saturated carbocycles. The third-order valence-electron chi connectivity index (χ3n) is 4.95. The molecule has 0 heterocycles.